The molecule has 0 aliphatic carbocycles. The molecule has 0 saturated heterocycles. The highest BCUT2D eigenvalue weighted by Gasteiger charge is 2.08. The van der Waals surface area contributed by atoms with Crippen molar-refractivity contribution in [2.45, 2.75) is 0 Å². The van der Waals surface area contributed by atoms with Gasteiger partial charge in [-0.1, -0.05) is 18.2 Å². The normalized spacial score (nSPS) is 10.0. The minimum absolute atomic E-state index is 0.168. The van der Waals surface area contributed by atoms with Crippen LogP contribution in [0.15, 0.2) is 72.9 Å². The lowest BCUT2D eigenvalue weighted by molar-refractivity contribution is 0.102. The number of aromatic nitrogens is 1. The zero-order valence-corrected chi connectivity index (χ0v) is 13.6. The molecule has 3 N–H and O–H groups in total. The van der Waals surface area contributed by atoms with E-state index < -0.39 is 11.9 Å². The van der Waals surface area contributed by atoms with Gasteiger partial charge in [0, 0.05) is 34.9 Å². The number of hydrogen-bond donors (Lipinski definition) is 3. The fourth-order valence-electron chi connectivity index (χ4n) is 2.20. The van der Waals surface area contributed by atoms with Crippen LogP contribution < -0.4 is 16.0 Å². The Bertz CT molecular complexity index is 914. The van der Waals surface area contributed by atoms with Crippen molar-refractivity contribution in [3.05, 3.63) is 84.4 Å². The standard InChI is InChI=1S/C19H15FN4O2/c20-17-12-13(10-11-21-17)18(25)22-15-6-8-16(9-7-15)24-19(26)23-14-4-2-1-3-5-14/h1-12H,(H,22,25)(H2,23,24,26). The average Bonchev–Trinajstić information content (AvgIpc) is 2.64. The maximum Gasteiger partial charge on any atom is 0.323 e. The summed E-state index contributed by atoms with van der Waals surface area (Å²) in [4.78, 5) is 27.4. The monoisotopic (exact) mass is 350 g/mol. The van der Waals surface area contributed by atoms with Gasteiger partial charge in [-0.2, -0.15) is 4.39 Å². The largest absolute Gasteiger partial charge is 0.323 e. The van der Waals surface area contributed by atoms with E-state index in [1.165, 1.54) is 12.3 Å². The average molecular weight is 350 g/mol. The summed E-state index contributed by atoms with van der Waals surface area (Å²) in [6.07, 6.45) is 1.22. The van der Waals surface area contributed by atoms with Crippen LogP contribution in [0, 0.1) is 5.95 Å². The number of rotatable bonds is 4. The van der Waals surface area contributed by atoms with E-state index in [0.29, 0.717) is 17.1 Å². The maximum absolute atomic E-state index is 13.1. The van der Waals surface area contributed by atoms with Crippen molar-refractivity contribution in [2.75, 3.05) is 16.0 Å². The topological polar surface area (TPSA) is 83.1 Å². The van der Waals surface area contributed by atoms with Crippen molar-refractivity contribution in [3.63, 3.8) is 0 Å². The highest BCUT2D eigenvalue weighted by atomic mass is 19.1. The summed E-state index contributed by atoms with van der Waals surface area (Å²) in [5, 5.41) is 8.04. The Hall–Kier alpha value is -3.74. The zero-order valence-electron chi connectivity index (χ0n) is 13.6. The quantitative estimate of drug-likeness (QED) is 0.619. The van der Waals surface area contributed by atoms with Crippen LogP contribution in [0.25, 0.3) is 0 Å². The van der Waals surface area contributed by atoms with Crippen molar-refractivity contribution < 1.29 is 14.0 Å². The minimum Gasteiger partial charge on any atom is -0.322 e. The van der Waals surface area contributed by atoms with E-state index in [0.717, 1.165) is 6.07 Å². The van der Waals surface area contributed by atoms with Gasteiger partial charge in [-0.3, -0.25) is 4.79 Å². The summed E-state index contributed by atoms with van der Waals surface area (Å²) < 4.78 is 13.1. The molecule has 0 aliphatic rings. The summed E-state index contributed by atoms with van der Waals surface area (Å²) >= 11 is 0. The van der Waals surface area contributed by atoms with Crippen LogP contribution in [0.2, 0.25) is 0 Å². The number of carbonyl (C=O) groups is 2. The van der Waals surface area contributed by atoms with Gasteiger partial charge in [0.15, 0.2) is 0 Å². The van der Waals surface area contributed by atoms with Gasteiger partial charge in [0.1, 0.15) is 0 Å². The van der Waals surface area contributed by atoms with E-state index in [2.05, 4.69) is 20.9 Å². The van der Waals surface area contributed by atoms with E-state index in [4.69, 9.17) is 0 Å². The summed E-state index contributed by atoms with van der Waals surface area (Å²) in [6, 6.07) is 17.7. The fourth-order valence-corrected chi connectivity index (χ4v) is 2.20. The third-order valence-corrected chi connectivity index (χ3v) is 3.42. The first-order chi connectivity index (χ1) is 12.6. The second-order valence-electron chi connectivity index (χ2n) is 5.34. The van der Waals surface area contributed by atoms with Crippen LogP contribution in [-0.4, -0.2) is 16.9 Å². The van der Waals surface area contributed by atoms with Crippen molar-refractivity contribution in [1.29, 1.82) is 0 Å². The molecule has 0 bridgehead atoms. The molecule has 7 heteroatoms. The molecule has 0 spiro atoms. The molecule has 0 radical (unpaired) electrons. The predicted molar refractivity (Wildman–Crippen MR) is 97.7 cm³/mol. The number of carbonyl (C=O) groups excluding carboxylic acids is 2. The lowest BCUT2D eigenvalue weighted by Gasteiger charge is -2.09. The van der Waals surface area contributed by atoms with Gasteiger partial charge in [0.25, 0.3) is 5.91 Å². The zero-order chi connectivity index (χ0) is 18.4. The Morgan fingerprint density at radius 2 is 1.35 bits per heavy atom. The molecule has 1 aromatic heterocycles. The molecule has 1 heterocycles. The third kappa shape index (κ3) is 4.64. The van der Waals surface area contributed by atoms with Crippen molar-refractivity contribution in [3.8, 4) is 0 Å². The van der Waals surface area contributed by atoms with Gasteiger partial charge in [-0.05, 0) is 42.5 Å². The molecule has 2 aromatic carbocycles. The van der Waals surface area contributed by atoms with E-state index in [1.807, 2.05) is 18.2 Å². The number of anilines is 3. The summed E-state index contributed by atoms with van der Waals surface area (Å²) in [7, 11) is 0. The predicted octanol–water partition coefficient (Wildman–Crippen LogP) is 4.12. The molecular weight excluding hydrogens is 335 g/mol. The van der Waals surface area contributed by atoms with Crippen LogP contribution in [0.4, 0.5) is 26.2 Å². The molecule has 0 unspecified atom stereocenters. The molecule has 130 valence electrons. The van der Waals surface area contributed by atoms with Gasteiger partial charge in [0.05, 0.1) is 0 Å². The molecule has 3 rings (SSSR count). The third-order valence-electron chi connectivity index (χ3n) is 3.42. The molecule has 0 saturated carbocycles. The molecule has 0 fully saturated rings. The molecular formula is C19H15FN4O2. The Balaban J connectivity index is 1.58. The van der Waals surface area contributed by atoms with Crippen LogP contribution in [0.3, 0.4) is 0 Å². The highest BCUT2D eigenvalue weighted by Crippen LogP contribution is 2.15. The maximum atomic E-state index is 13.1. The number of benzene rings is 2. The SMILES string of the molecule is O=C(Nc1ccccc1)Nc1ccc(NC(=O)c2ccnc(F)c2)cc1. The van der Waals surface area contributed by atoms with Crippen molar-refractivity contribution in [1.82, 2.24) is 4.98 Å². The lowest BCUT2D eigenvalue weighted by atomic mass is 10.2. The molecule has 0 aliphatic heterocycles. The van der Waals surface area contributed by atoms with Gasteiger partial charge in [-0.15, -0.1) is 0 Å². The highest BCUT2D eigenvalue weighted by molar-refractivity contribution is 6.04. The van der Waals surface area contributed by atoms with Crippen LogP contribution >= 0.6 is 0 Å². The lowest BCUT2D eigenvalue weighted by Crippen LogP contribution is -2.19. The number of hydrogen-bond acceptors (Lipinski definition) is 3. The van der Waals surface area contributed by atoms with Crippen LogP contribution in [0.1, 0.15) is 10.4 Å². The van der Waals surface area contributed by atoms with E-state index in [1.54, 1.807) is 36.4 Å². The molecule has 6 nitrogen and oxygen atoms in total. The number of pyridine rings is 1. The van der Waals surface area contributed by atoms with E-state index >= 15 is 0 Å². The second kappa shape index (κ2) is 7.89. The number of urea groups is 1. The van der Waals surface area contributed by atoms with Gasteiger partial charge >= 0.3 is 6.03 Å². The number of halogens is 1. The molecule has 3 aromatic rings. The second-order valence-corrected chi connectivity index (χ2v) is 5.34. The first kappa shape index (κ1) is 17.1. The number of amides is 3. The fraction of sp³-hybridized carbons (Fsp3) is 0. The smallest absolute Gasteiger partial charge is 0.322 e. The first-order valence-corrected chi connectivity index (χ1v) is 7.76. The van der Waals surface area contributed by atoms with Crippen LogP contribution in [-0.2, 0) is 0 Å². The van der Waals surface area contributed by atoms with Crippen LogP contribution in [0.5, 0.6) is 0 Å². The Labute approximate surface area is 149 Å². The molecule has 3 amide bonds. The van der Waals surface area contributed by atoms with Gasteiger partial charge in [-0.25, -0.2) is 9.78 Å². The van der Waals surface area contributed by atoms with Crippen molar-refractivity contribution >= 4 is 29.0 Å². The van der Waals surface area contributed by atoms with E-state index in [9.17, 15) is 14.0 Å². The summed E-state index contributed by atoms with van der Waals surface area (Å²) in [5.41, 5.74) is 1.92. The number of para-hydroxylation sites is 1. The minimum atomic E-state index is -0.721. The summed E-state index contributed by atoms with van der Waals surface area (Å²) in [5.74, 6) is -1.17. The summed E-state index contributed by atoms with van der Waals surface area (Å²) in [6.45, 7) is 0. The van der Waals surface area contributed by atoms with E-state index in [-0.39, 0.29) is 11.6 Å². The number of nitrogens with one attached hydrogen (secondary N) is 3. The Kier molecular flexibility index (Phi) is 5.19. The van der Waals surface area contributed by atoms with Gasteiger partial charge in [0.2, 0.25) is 5.95 Å². The molecule has 26 heavy (non-hydrogen) atoms. The number of nitrogens with zero attached hydrogens (tertiary/aromatic N) is 1. The first-order valence-electron chi connectivity index (χ1n) is 7.76. The Morgan fingerprint density at radius 1 is 0.769 bits per heavy atom. The van der Waals surface area contributed by atoms with Crippen molar-refractivity contribution in [2.24, 2.45) is 0 Å². The molecule has 0 atom stereocenters. The Morgan fingerprint density at radius 3 is 1.96 bits per heavy atom. The van der Waals surface area contributed by atoms with Gasteiger partial charge < -0.3 is 16.0 Å².